The number of nitrogens with zero attached hydrogens (tertiary/aromatic N) is 1. The Morgan fingerprint density at radius 3 is 2.06 bits per heavy atom. The van der Waals surface area contributed by atoms with Crippen LogP contribution in [0.3, 0.4) is 0 Å². The van der Waals surface area contributed by atoms with Crippen LogP contribution in [0.5, 0.6) is 0 Å². The van der Waals surface area contributed by atoms with Crippen LogP contribution in [0, 0.1) is 5.92 Å². The van der Waals surface area contributed by atoms with Gasteiger partial charge >= 0.3 is 6.18 Å². The topological polar surface area (TPSA) is 15.3 Å². The van der Waals surface area contributed by atoms with Crippen LogP contribution in [-0.2, 0) is 0 Å². The molecule has 0 amide bonds. The van der Waals surface area contributed by atoms with Crippen molar-refractivity contribution in [2.75, 3.05) is 26.2 Å². The molecule has 0 aliphatic rings. The Morgan fingerprint density at radius 2 is 1.71 bits per heavy atom. The van der Waals surface area contributed by atoms with E-state index in [0.29, 0.717) is 13.1 Å². The van der Waals surface area contributed by atoms with Crippen molar-refractivity contribution in [3.63, 3.8) is 0 Å². The highest BCUT2D eigenvalue weighted by Gasteiger charge is 2.30. The molecule has 0 aliphatic heterocycles. The summed E-state index contributed by atoms with van der Waals surface area (Å²) in [5.74, 6) is 0.205. The first kappa shape index (κ1) is 16.7. The minimum Gasteiger partial charge on any atom is -0.312 e. The molecule has 104 valence electrons. The van der Waals surface area contributed by atoms with Gasteiger partial charge in [-0.05, 0) is 39.8 Å². The zero-order chi connectivity index (χ0) is 13.7. The Bertz CT molecular complexity index is 209. The summed E-state index contributed by atoms with van der Waals surface area (Å²) in [5.41, 5.74) is 0.00926. The quantitative estimate of drug-likeness (QED) is 0.784. The number of halogens is 3. The molecule has 0 aliphatic carbocycles. The first-order valence-electron chi connectivity index (χ1n) is 6.07. The molecule has 0 aromatic rings. The summed E-state index contributed by atoms with van der Waals surface area (Å²) in [6.07, 6.45) is -4.10. The van der Waals surface area contributed by atoms with Crippen molar-refractivity contribution in [2.24, 2.45) is 5.92 Å². The first-order chi connectivity index (χ1) is 7.53. The molecule has 1 unspecified atom stereocenters. The summed E-state index contributed by atoms with van der Waals surface area (Å²) >= 11 is 0. The molecule has 0 bridgehead atoms. The van der Waals surface area contributed by atoms with E-state index in [0.717, 1.165) is 6.54 Å². The number of alkyl halides is 3. The second-order valence-corrected chi connectivity index (χ2v) is 5.68. The van der Waals surface area contributed by atoms with Crippen LogP contribution in [0.1, 0.15) is 34.6 Å². The van der Waals surface area contributed by atoms with Gasteiger partial charge in [-0.25, -0.2) is 0 Å². The lowest BCUT2D eigenvalue weighted by molar-refractivity contribution is -0.146. The maximum absolute atomic E-state index is 12.3. The van der Waals surface area contributed by atoms with Crippen LogP contribution in [0.15, 0.2) is 0 Å². The van der Waals surface area contributed by atoms with Gasteiger partial charge in [0.05, 0.1) is 6.54 Å². The van der Waals surface area contributed by atoms with Crippen molar-refractivity contribution in [2.45, 2.75) is 46.3 Å². The average molecular weight is 254 g/mol. The largest absolute Gasteiger partial charge is 0.401 e. The summed E-state index contributed by atoms with van der Waals surface area (Å²) in [6.45, 7) is 10.7. The molecule has 17 heavy (non-hydrogen) atoms. The maximum atomic E-state index is 12.3. The molecule has 0 rings (SSSR count). The Morgan fingerprint density at radius 1 is 1.18 bits per heavy atom. The number of nitrogens with one attached hydrogen (secondary N) is 1. The van der Waals surface area contributed by atoms with Gasteiger partial charge in [0.1, 0.15) is 0 Å². The lowest BCUT2D eigenvalue weighted by Crippen LogP contribution is -2.43. The van der Waals surface area contributed by atoms with Gasteiger partial charge < -0.3 is 5.32 Å². The number of hydrogen-bond acceptors (Lipinski definition) is 2. The van der Waals surface area contributed by atoms with Crippen molar-refractivity contribution in [1.82, 2.24) is 10.2 Å². The first-order valence-corrected chi connectivity index (χ1v) is 6.07. The van der Waals surface area contributed by atoms with Gasteiger partial charge in [0.15, 0.2) is 0 Å². The van der Waals surface area contributed by atoms with E-state index >= 15 is 0 Å². The number of hydrogen-bond donors (Lipinski definition) is 1. The van der Waals surface area contributed by atoms with Crippen LogP contribution in [0.4, 0.5) is 13.2 Å². The summed E-state index contributed by atoms with van der Waals surface area (Å²) in [4.78, 5) is 1.44. The van der Waals surface area contributed by atoms with Gasteiger partial charge in [0.25, 0.3) is 0 Å². The van der Waals surface area contributed by atoms with Crippen molar-refractivity contribution in [3.05, 3.63) is 0 Å². The zero-order valence-corrected chi connectivity index (χ0v) is 11.5. The van der Waals surface area contributed by atoms with Crippen molar-refractivity contribution in [1.29, 1.82) is 0 Å². The van der Waals surface area contributed by atoms with E-state index in [1.54, 1.807) is 6.92 Å². The van der Waals surface area contributed by atoms with E-state index in [2.05, 4.69) is 5.32 Å². The maximum Gasteiger partial charge on any atom is 0.401 e. The lowest BCUT2D eigenvalue weighted by atomic mass is 10.1. The van der Waals surface area contributed by atoms with E-state index in [1.165, 1.54) is 4.90 Å². The highest BCUT2D eigenvalue weighted by Crippen LogP contribution is 2.17. The second-order valence-electron chi connectivity index (χ2n) is 5.68. The third-order valence-electron chi connectivity index (χ3n) is 2.40. The van der Waals surface area contributed by atoms with Crippen LogP contribution in [0.2, 0.25) is 0 Å². The third kappa shape index (κ3) is 10.6. The molecule has 0 saturated heterocycles. The molecule has 0 spiro atoms. The van der Waals surface area contributed by atoms with Gasteiger partial charge in [0.2, 0.25) is 0 Å². The highest BCUT2D eigenvalue weighted by atomic mass is 19.4. The molecular weight excluding hydrogens is 229 g/mol. The van der Waals surface area contributed by atoms with Gasteiger partial charge in [-0.1, -0.05) is 13.8 Å². The fraction of sp³-hybridized carbons (Fsp3) is 1.00. The summed E-state index contributed by atoms with van der Waals surface area (Å²) in [5, 5.41) is 3.31. The number of rotatable bonds is 6. The molecule has 0 radical (unpaired) electrons. The highest BCUT2D eigenvalue weighted by molar-refractivity contribution is 4.74. The molecule has 1 atom stereocenters. The predicted molar refractivity (Wildman–Crippen MR) is 65.1 cm³/mol. The SMILES string of the molecule is CCN(CC(C)CNC(C)(C)C)CC(F)(F)F. The summed E-state index contributed by atoms with van der Waals surface area (Å²) < 4.78 is 36.8. The van der Waals surface area contributed by atoms with E-state index in [-0.39, 0.29) is 11.5 Å². The summed E-state index contributed by atoms with van der Waals surface area (Å²) in [6, 6.07) is 0. The third-order valence-corrected chi connectivity index (χ3v) is 2.40. The van der Waals surface area contributed by atoms with Crippen LogP contribution >= 0.6 is 0 Å². The van der Waals surface area contributed by atoms with Gasteiger partial charge in [0, 0.05) is 12.1 Å². The van der Waals surface area contributed by atoms with E-state index in [4.69, 9.17) is 0 Å². The minimum absolute atomic E-state index is 0.00926. The van der Waals surface area contributed by atoms with E-state index in [9.17, 15) is 13.2 Å². The monoisotopic (exact) mass is 254 g/mol. The molecule has 5 heteroatoms. The fourth-order valence-corrected chi connectivity index (χ4v) is 1.54. The van der Waals surface area contributed by atoms with Crippen LogP contribution in [0.25, 0.3) is 0 Å². The zero-order valence-electron chi connectivity index (χ0n) is 11.5. The standard InChI is InChI=1S/C12H25F3N2/c1-6-17(9-12(13,14)15)8-10(2)7-16-11(3,4)5/h10,16H,6-9H2,1-5H3. The van der Waals surface area contributed by atoms with Crippen molar-refractivity contribution >= 4 is 0 Å². The molecule has 0 heterocycles. The predicted octanol–water partition coefficient (Wildman–Crippen LogP) is 2.89. The molecule has 2 nitrogen and oxygen atoms in total. The molecule has 0 aromatic heterocycles. The average Bonchev–Trinajstić information content (AvgIpc) is 2.10. The van der Waals surface area contributed by atoms with Gasteiger partial charge in [-0.3, -0.25) is 4.90 Å². The van der Waals surface area contributed by atoms with Crippen molar-refractivity contribution < 1.29 is 13.2 Å². The van der Waals surface area contributed by atoms with Gasteiger partial charge in [-0.2, -0.15) is 13.2 Å². The molecule has 0 aromatic carbocycles. The van der Waals surface area contributed by atoms with Gasteiger partial charge in [-0.15, -0.1) is 0 Å². The summed E-state index contributed by atoms with van der Waals surface area (Å²) in [7, 11) is 0. The molecule has 0 fully saturated rings. The van der Waals surface area contributed by atoms with Crippen LogP contribution in [-0.4, -0.2) is 42.8 Å². The Kier molecular flexibility index (Phi) is 6.48. The van der Waals surface area contributed by atoms with Crippen molar-refractivity contribution in [3.8, 4) is 0 Å². The molecule has 1 N–H and O–H groups in total. The normalized spacial score (nSPS) is 15.4. The van der Waals surface area contributed by atoms with E-state index in [1.807, 2.05) is 27.7 Å². The second kappa shape index (κ2) is 6.59. The Balaban J connectivity index is 4.03. The Labute approximate surface area is 103 Å². The van der Waals surface area contributed by atoms with E-state index < -0.39 is 12.7 Å². The fourth-order valence-electron chi connectivity index (χ4n) is 1.54. The molecule has 0 saturated carbocycles. The smallest absolute Gasteiger partial charge is 0.312 e. The lowest BCUT2D eigenvalue weighted by Gasteiger charge is -2.28. The molecular formula is C12H25F3N2. The Hall–Kier alpha value is -0.290. The minimum atomic E-state index is -4.10. The van der Waals surface area contributed by atoms with Crippen LogP contribution < -0.4 is 5.32 Å².